The second kappa shape index (κ2) is 8.38. The van der Waals surface area contributed by atoms with Crippen LogP contribution in [0.3, 0.4) is 0 Å². The molecule has 4 aliphatic rings. The lowest BCUT2D eigenvalue weighted by Crippen LogP contribution is -3.15. The van der Waals surface area contributed by atoms with Crippen LogP contribution < -0.4 is 14.5 Å². The molecule has 0 unspecified atom stereocenters. The van der Waals surface area contributed by atoms with Gasteiger partial charge in [-0.2, -0.15) is 0 Å². The molecular weight excluding hydrogens is 404 g/mol. The van der Waals surface area contributed by atoms with Crippen LogP contribution >= 0.6 is 0 Å². The average molecular weight is 442 g/mol. The lowest BCUT2D eigenvalue weighted by Gasteiger charge is -2.51. The van der Waals surface area contributed by atoms with Crippen LogP contribution in [0.4, 0.5) is 5.69 Å². The molecule has 5 rings (SSSR count). The van der Waals surface area contributed by atoms with Crippen molar-refractivity contribution in [3.63, 3.8) is 0 Å². The largest absolute Gasteiger partial charge is 0.495 e. The molecule has 6 heteroatoms. The molecule has 3 fully saturated rings. The first-order chi connectivity index (χ1) is 15.4. The average Bonchev–Trinajstić information content (AvgIpc) is 3.11. The fourth-order valence-corrected chi connectivity index (χ4v) is 6.77. The third kappa shape index (κ3) is 3.43. The van der Waals surface area contributed by atoms with Gasteiger partial charge in [0.25, 0.3) is 0 Å². The van der Waals surface area contributed by atoms with Crippen LogP contribution in [0.1, 0.15) is 33.1 Å². The molecule has 2 saturated heterocycles. The number of methoxy groups -OCH3 is 1. The number of carbonyl (C=O) groups is 1. The summed E-state index contributed by atoms with van der Waals surface area (Å²) in [5.41, 5.74) is 2.20. The zero-order chi connectivity index (χ0) is 22.5. The van der Waals surface area contributed by atoms with Crippen molar-refractivity contribution >= 4 is 11.7 Å². The van der Waals surface area contributed by atoms with Crippen LogP contribution in [-0.2, 0) is 9.53 Å². The molecule has 1 aromatic rings. The number of aliphatic hydroxyl groups is 1. The Bertz CT molecular complexity index is 894. The van der Waals surface area contributed by atoms with Crippen LogP contribution in [0.5, 0.6) is 5.75 Å². The van der Waals surface area contributed by atoms with Crippen molar-refractivity contribution in [3.8, 4) is 5.75 Å². The van der Waals surface area contributed by atoms with Gasteiger partial charge in [0.15, 0.2) is 0 Å². The number of aliphatic hydroxyl groups excluding tert-OH is 1. The standard InChI is InChI=1S/C26H36N2O4/c1-17-7-6-8-18-15-22-23(24(29)26(17,18)2)19(25(30)32-22)16-27-11-13-28(14-12-27)20-9-4-5-10-21(20)31-3/h4-5,8-10,17,19,22-24,29H,6-7,11-16H2,1-3H3/p+1/t17-,19-,22+,23+,24+,26+/m0/s1. The Kier molecular flexibility index (Phi) is 5.70. The molecule has 32 heavy (non-hydrogen) atoms. The number of ether oxygens (including phenoxy) is 2. The van der Waals surface area contributed by atoms with E-state index in [1.165, 1.54) is 10.5 Å². The van der Waals surface area contributed by atoms with Gasteiger partial charge in [-0.05, 0) is 30.9 Å². The number of hydrogen-bond acceptors (Lipinski definition) is 5. The summed E-state index contributed by atoms with van der Waals surface area (Å²) in [6, 6.07) is 8.16. The van der Waals surface area contributed by atoms with Crippen LogP contribution in [0, 0.1) is 23.2 Å². The van der Waals surface area contributed by atoms with Gasteiger partial charge < -0.3 is 24.4 Å². The van der Waals surface area contributed by atoms with Crippen molar-refractivity contribution in [2.75, 3.05) is 44.7 Å². The Labute approximate surface area is 191 Å². The monoisotopic (exact) mass is 441 g/mol. The van der Waals surface area contributed by atoms with E-state index in [1.807, 2.05) is 18.2 Å². The van der Waals surface area contributed by atoms with Crippen LogP contribution in [0.15, 0.2) is 35.9 Å². The molecule has 2 aliphatic heterocycles. The first kappa shape index (κ1) is 21.8. The fraction of sp³-hybridized carbons (Fsp3) is 0.654. The van der Waals surface area contributed by atoms with Crippen LogP contribution in [0.2, 0.25) is 0 Å². The van der Waals surface area contributed by atoms with E-state index < -0.39 is 6.10 Å². The number of rotatable bonds is 4. The molecule has 6 atom stereocenters. The highest BCUT2D eigenvalue weighted by atomic mass is 16.6. The summed E-state index contributed by atoms with van der Waals surface area (Å²) in [4.78, 5) is 16.7. The zero-order valence-electron chi connectivity index (χ0n) is 19.5. The number of fused-ring (bicyclic) bond motifs is 2. The second-order valence-corrected chi connectivity index (χ2v) is 10.4. The van der Waals surface area contributed by atoms with Gasteiger partial charge in [-0.3, -0.25) is 4.79 Å². The first-order valence-corrected chi connectivity index (χ1v) is 12.2. The van der Waals surface area contributed by atoms with Gasteiger partial charge in [0.05, 0.1) is 51.6 Å². The highest BCUT2D eigenvalue weighted by Gasteiger charge is 2.60. The van der Waals surface area contributed by atoms with Gasteiger partial charge in [0, 0.05) is 17.8 Å². The normalized spacial score (nSPS) is 37.4. The van der Waals surface area contributed by atoms with E-state index in [2.05, 4.69) is 30.9 Å². The molecule has 1 aromatic carbocycles. The Morgan fingerprint density at radius 3 is 2.78 bits per heavy atom. The number of quaternary nitrogens is 1. The summed E-state index contributed by atoms with van der Waals surface area (Å²) in [5, 5.41) is 11.6. The molecule has 2 N–H and O–H groups in total. The lowest BCUT2D eigenvalue weighted by molar-refractivity contribution is -0.903. The summed E-state index contributed by atoms with van der Waals surface area (Å²) >= 11 is 0. The van der Waals surface area contributed by atoms with Gasteiger partial charge in [0.2, 0.25) is 0 Å². The van der Waals surface area contributed by atoms with E-state index in [-0.39, 0.29) is 29.3 Å². The number of para-hydroxylation sites is 2. The van der Waals surface area contributed by atoms with Crippen LogP contribution in [-0.4, -0.2) is 63.1 Å². The van der Waals surface area contributed by atoms with Crippen LogP contribution in [0.25, 0.3) is 0 Å². The maximum atomic E-state index is 12.9. The summed E-state index contributed by atoms with van der Waals surface area (Å²) in [6.45, 7) is 9.00. The van der Waals surface area contributed by atoms with Crippen molar-refractivity contribution in [2.24, 2.45) is 23.2 Å². The SMILES string of the molecule is COc1ccccc1N1CC[NH+](C[C@@H]2C(=O)O[C@@H]3CC4=CCC[C@H](C)[C@@]4(C)[C@H](O)[C@H]23)CC1. The number of anilines is 1. The van der Waals surface area contributed by atoms with Crippen molar-refractivity contribution in [1.29, 1.82) is 0 Å². The van der Waals surface area contributed by atoms with Crippen molar-refractivity contribution in [2.45, 2.75) is 45.3 Å². The van der Waals surface area contributed by atoms with Crippen molar-refractivity contribution in [3.05, 3.63) is 35.9 Å². The van der Waals surface area contributed by atoms with E-state index in [0.717, 1.165) is 63.4 Å². The van der Waals surface area contributed by atoms with Gasteiger partial charge in [-0.15, -0.1) is 0 Å². The minimum Gasteiger partial charge on any atom is -0.495 e. The minimum absolute atomic E-state index is 0.0926. The Hall–Kier alpha value is -2.05. The van der Waals surface area contributed by atoms with Crippen molar-refractivity contribution < 1.29 is 24.3 Å². The summed E-state index contributed by atoms with van der Waals surface area (Å²) in [5.74, 6) is 0.920. The summed E-state index contributed by atoms with van der Waals surface area (Å²) in [6.07, 6.45) is 4.57. The number of piperazine rings is 1. The minimum atomic E-state index is -0.520. The topological polar surface area (TPSA) is 63.4 Å². The maximum absolute atomic E-state index is 12.9. The second-order valence-electron chi connectivity index (χ2n) is 10.4. The smallest absolute Gasteiger partial charge is 0.315 e. The van der Waals surface area contributed by atoms with E-state index in [1.54, 1.807) is 7.11 Å². The Balaban J connectivity index is 1.28. The zero-order valence-corrected chi connectivity index (χ0v) is 19.5. The molecule has 0 aromatic heterocycles. The Morgan fingerprint density at radius 1 is 1.28 bits per heavy atom. The van der Waals surface area contributed by atoms with Gasteiger partial charge in [-0.1, -0.05) is 37.6 Å². The number of carbonyl (C=O) groups excluding carboxylic acids is 1. The molecule has 0 radical (unpaired) electrons. The number of benzene rings is 1. The molecule has 2 heterocycles. The fourth-order valence-electron chi connectivity index (χ4n) is 6.77. The number of esters is 1. The third-order valence-corrected chi connectivity index (χ3v) is 8.98. The van der Waals surface area contributed by atoms with E-state index in [0.29, 0.717) is 5.92 Å². The molecule has 0 bridgehead atoms. The highest BCUT2D eigenvalue weighted by molar-refractivity contribution is 5.76. The maximum Gasteiger partial charge on any atom is 0.315 e. The number of nitrogens with zero attached hydrogens (tertiary/aromatic N) is 1. The van der Waals surface area contributed by atoms with E-state index >= 15 is 0 Å². The predicted octanol–water partition coefficient (Wildman–Crippen LogP) is 1.69. The van der Waals surface area contributed by atoms with Gasteiger partial charge in [0.1, 0.15) is 17.8 Å². The molecule has 1 saturated carbocycles. The summed E-state index contributed by atoms with van der Waals surface area (Å²) < 4.78 is 11.4. The molecular formula is C26H37N2O4+. The number of hydrogen-bond donors (Lipinski definition) is 2. The van der Waals surface area contributed by atoms with E-state index in [4.69, 9.17) is 9.47 Å². The lowest BCUT2D eigenvalue weighted by atomic mass is 9.55. The van der Waals surface area contributed by atoms with Gasteiger partial charge >= 0.3 is 5.97 Å². The molecule has 0 amide bonds. The molecule has 174 valence electrons. The molecule has 2 aliphatic carbocycles. The quantitative estimate of drug-likeness (QED) is 0.550. The summed E-state index contributed by atoms with van der Waals surface area (Å²) in [7, 11) is 1.71. The predicted molar refractivity (Wildman–Crippen MR) is 123 cm³/mol. The Morgan fingerprint density at radius 2 is 2.03 bits per heavy atom. The molecule has 0 spiro atoms. The number of nitrogens with one attached hydrogen (secondary N) is 1. The first-order valence-electron chi connectivity index (χ1n) is 12.2. The van der Waals surface area contributed by atoms with E-state index in [9.17, 15) is 9.90 Å². The number of allylic oxidation sites excluding steroid dienone is 1. The molecule has 6 nitrogen and oxygen atoms in total. The third-order valence-electron chi connectivity index (χ3n) is 8.98. The highest BCUT2D eigenvalue weighted by Crippen LogP contribution is 2.55. The van der Waals surface area contributed by atoms with Gasteiger partial charge in [-0.25, -0.2) is 0 Å². The van der Waals surface area contributed by atoms with Crippen molar-refractivity contribution in [1.82, 2.24) is 0 Å².